The summed E-state index contributed by atoms with van der Waals surface area (Å²) >= 11 is 0. The third-order valence-corrected chi connectivity index (χ3v) is 15.1. The number of aliphatic hydroxyl groups is 5. The van der Waals surface area contributed by atoms with Gasteiger partial charge in [-0.2, -0.15) is 0 Å². The third-order valence-electron chi connectivity index (χ3n) is 15.1. The highest BCUT2D eigenvalue weighted by Gasteiger charge is 2.87. The zero-order valence-corrected chi connectivity index (χ0v) is 27.0. The van der Waals surface area contributed by atoms with Crippen LogP contribution in [0.15, 0.2) is 0 Å². The van der Waals surface area contributed by atoms with Gasteiger partial charge in [0.2, 0.25) is 0 Å². The minimum atomic E-state index is -1.56. The third kappa shape index (κ3) is 3.62. The lowest BCUT2D eigenvalue weighted by atomic mass is 9.41. The number of ether oxygens (including phenoxy) is 3. The fourth-order valence-electron chi connectivity index (χ4n) is 13.5. The molecule has 1 saturated heterocycles. The molecule has 0 aromatic carbocycles. The molecule has 5 N–H and O–H groups in total. The minimum absolute atomic E-state index is 0.000193. The molecule has 44 heavy (non-hydrogen) atoms. The van der Waals surface area contributed by atoms with Crippen molar-refractivity contribution in [3.8, 4) is 0 Å². The molecular weight excluding hydrogens is 568 g/mol. The Morgan fingerprint density at radius 1 is 0.932 bits per heavy atom. The molecule has 6 aliphatic carbocycles. The molecule has 6 saturated carbocycles. The lowest BCUT2D eigenvalue weighted by Gasteiger charge is -2.65. The van der Waals surface area contributed by atoms with Gasteiger partial charge in [0.1, 0.15) is 36.1 Å². The van der Waals surface area contributed by atoms with Gasteiger partial charge in [0.05, 0.1) is 12.7 Å². The average molecular weight is 621 g/mol. The summed E-state index contributed by atoms with van der Waals surface area (Å²) in [6.45, 7) is 12.2. The fourth-order valence-corrected chi connectivity index (χ4v) is 13.5. The summed E-state index contributed by atoms with van der Waals surface area (Å²) in [5, 5.41) is 54.3. The first kappa shape index (κ1) is 31.5. The number of carbonyl (C=O) groups is 2. The van der Waals surface area contributed by atoms with Crippen molar-refractivity contribution >= 4 is 11.8 Å². The van der Waals surface area contributed by atoms with E-state index in [1.165, 1.54) is 6.92 Å². The molecule has 248 valence electrons. The molecule has 2 spiro atoms. The molecule has 0 aromatic heterocycles. The molecule has 7 fully saturated rings. The van der Waals surface area contributed by atoms with Crippen LogP contribution < -0.4 is 0 Å². The fraction of sp³-hybridized carbons (Fsp3) is 0.941. The summed E-state index contributed by atoms with van der Waals surface area (Å²) in [5.41, 5.74) is -3.03. The number of esters is 1. The van der Waals surface area contributed by atoms with Crippen molar-refractivity contribution in [1.82, 2.24) is 0 Å². The zero-order valence-electron chi connectivity index (χ0n) is 27.0. The molecule has 0 amide bonds. The van der Waals surface area contributed by atoms with E-state index in [1.807, 2.05) is 6.92 Å². The Morgan fingerprint density at radius 3 is 2.30 bits per heavy atom. The van der Waals surface area contributed by atoms with Crippen molar-refractivity contribution in [1.29, 1.82) is 0 Å². The Morgan fingerprint density at radius 2 is 1.61 bits per heavy atom. The Bertz CT molecular complexity index is 1240. The normalized spacial score (nSPS) is 59.0. The van der Waals surface area contributed by atoms with Gasteiger partial charge in [0, 0.05) is 24.7 Å². The van der Waals surface area contributed by atoms with Crippen LogP contribution in [0, 0.1) is 50.7 Å². The maximum Gasteiger partial charge on any atom is 0.302 e. The van der Waals surface area contributed by atoms with E-state index in [4.69, 9.17) is 14.2 Å². The van der Waals surface area contributed by atoms with Gasteiger partial charge in [-0.1, -0.05) is 34.6 Å². The SMILES string of the molecule is CC(=O)OC1CC23CC24CCC(OC2OCC(O)C(O)C2O)C(C)(C)C4CCC3C2(C)CC3(O)C(O)C(=O)CC(C)C3C12C. The number of aliphatic hydroxyl groups excluding tert-OH is 4. The maximum absolute atomic E-state index is 12.9. The molecular formula is C34H52O10. The molecule has 0 radical (unpaired) electrons. The van der Waals surface area contributed by atoms with Crippen molar-refractivity contribution < 1.29 is 49.3 Å². The van der Waals surface area contributed by atoms with Crippen LogP contribution in [0.4, 0.5) is 0 Å². The second-order valence-electron chi connectivity index (χ2n) is 17.1. The molecule has 16 atom stereocenters. The average Bonchev–Trinajstić information content (AvgIpc) is 3.53. The summed E-state index contributed by atoms with van der Waals surface area (Å²) in [6, 6.07) is 0. The van der Waals surface area contributed by atoms with Crippen LogP contribution >= 0.6 is 0 Å². The molecule has 7 aliphatic rings. The first-order valence-electron chi connectivity index (χ1n) is 16.8. The molecule has 1 heterocycles. The second-order valence-corrected chi connectivity index (χ2v) is 17.1. The van der Waals surface area contributed by atoms with Gasteiger partial charge in [0.25, 0.3) is 0 Å². The van der Waals surface area contributed by atoms with E-state index < -0.39 is 53.2 Å². The Labute approximate surface area is 259 Å². The number of hydrogen-bond acceptors (Lipinski definition) is 10. The molecule has 10 nitrogen and oxygen atoms in total. The first-order chi connectivity index (χ1) is 20.4. The van der Waals surface area contributed by atoms with Crippen LogP contribution in [0.25, 0.3) is 0 Å². The van der Waals surface area contributed by atoms with Crippen molar-refractivity contribution in [3.05, 3.63) is 0 Å². The number of carbonyl (C=O) groups excluding carboxylic acids is 2. The van der Waals surface area contributed by atoms with Crippen LogP contribution in [-0.2, 0) is 23.8 Å². The molecule has 10 heteroatoms. The topological polar surface area (TPSA) is 163 Å². The predicted molar refractivity (Wildman–Crippen MR) is 156 cm³/mol. The van der Waals surface area contributed by atoms with E-state index in [-0.39, 0.29) is 64.9 Å². The van der Waals surface area contributed by atoms with E-state index >= 15 is 0 Å². The zero-order chi connectivity index (χ0) is 32.0. The standard InChI is InChI=1S/C34H52O10/c1-16-11-18(36)27(40)34(41)14-30(5)21-8-7-20-29(3,4)22(44-28-25(39)24(38)19(37)13-42-28)9-10-32(20)15-33(21,32)12-23(43-17(2)35)31(30,6)26(16)34/h16,19-28,37-41H,7-15H2,1-6H3. The maximum atomic E-state index is 12.9. The van der Waals surface area contributed by atoms with Crippen LogP contribution in [0.2, 0.25) is 0 Å². The highest BCUT2D eigenvalue weighted by molar-refractivity contribution is 5.85. The van der Waals surface area contributed by atoms with Gasteiger partial charge in [-0.25, -0.2) is 0 Å². The number of rotatable bonds is 3. The summed E-state index contributed by atoms with van der Waals surface area (Å²) in [6.07, 6.45) is -1.19. The van der Waals surface area contributed by atoms with Gasteiger partial charge in [-0.15, -0.1) is 0 Å². The van der Waals surface area contributed by atoms with Crippen LogP contribution in [0.5, 0.6) is 0 Å². The predicted octanol–water partition coefficient (Wildman–Crippen LogP) is 2.10. The Kier molecular flexibility index (Phi) is 6.78. The van der Waals surface area contributed by atoms with Crippen LogP contribution in [-0.4, -0.2) is 92.4 Å². The molecule has 16 unspecified atom stereocenters. The second kappa shape index (κ2) is 9.48. The van der Waals surface area contributed by atoms with Crippen molar-refractivity contribution in [3.63, 3.8) is 0 Å². The summed E-state index contributed by atoms with van der Waals surface area (Å²) in [4.78, 5) is 25.6. The van der Waals surface area contributed by atoms with Crippen molar-refractivity contribution in [2.24, 2.45) is 50.7 Å². The molecule has 0 bridgehead atoms. The molecule has 0 aromatic rings. The minimum Gasteiger partial charge on any atom is -0.462 e. The van der Waals surface area contributed by atoms with Gasteiger partial charge in [-0.3, -0.25) is 9.59 Å². The summed E-state index contributed by atoms with van der Waals surface area (Å²) in [5.74, 6) is -0.643. The quantitative estimate of drug-likeness (QED) is 0.233. The van der Waals surface area contributed by atoms with Gasteiger partial charge in [0.15, 0.2) is 12.1 Å². The lowest BCUT2D eigenvalue weighted by Crippen LogP contribution is -2.65. The number of hydrogen-bond donors (Lipinski definition) is 5. The highest BCUT2D eigenvalue weighted by Crippen LogP contribution is 2.90. The van der Waals surface area contributed by atoms with Crippen LogP contribution in [0.1, 0.15) is 92.9 Å². The highest BCUT2D eigenvalue weighted by atomic mass is 16.7. The van der Waals surface area contributed by atoms with Crippen molar-refractivity contribution in [2.75, 3.05) is 6.61 Å². The largest absolute Gasteiger partial charge is 0.462 e. The summed E-state index contributed by atoms with van der Waals surface area (Å²) < 4.78 is 18.3. The Hall–Kier alpha value is -1.14. The number of Topliss-reactive ketones (excluding diaryl/α,β-unsaturated/α-hetero) is 1. The number of ketones is 1. The number of fused-ring (bicyclic) bond motifs is 4. The van der Waals surface area contributed by atoms with Gasteiger partial charge in [-0.05, 0) is 84.4 Å². The first-order valence-corrected chi connectivity index (χ1v) is 16.8. The van der Waals surface area contributed by atoms with E-state index in [0.29, 0.717) is 18.8 Å². The van der Waals surface area contributed by atoms with E-state index in [0.717, 1.165) is 32.1 Å². The molecule has 7 rings (SSSR count). The van der Waals surface area contributed by atoms with E-state index in [2.05, 4.69) is 27.7 Å². The van der Waals surface area contributed by atoms with Crippen LogP contribution in [0.3, 0.4) is 0 Å². The van der Waals surface area contributed by atoms with Gasteiger partial charge >= 0.3 is 5.97 Å². The molecule has 1 aliphatic heterocycles. The van der Waals surface area contributed by atoms with E-state index in [9.17, 15) is 35.1 Å². The van der Waals surface area contributed by atoms with Crippen molar-refractivity contribution in [2.45, 2.75) is 141 Å². The Balaban J connectivity index is 1.23. The smallest absolute Gasteiger partial charge is 0.302 e. The lowest BCUT2D eigenvalue weighted by molar-refractivity contribution is -0.303. The monoisotopic (exact) mass is 620 g/mol. The summed E-state index contributed by atoms with van der Waals surface area (Å²) in [7, 11) is 0. The van der Waals surface area contributed by atoms with Gasteiger partial charge < -0.3 is 39.7 Å². The van der Waals surface area contributed by atoms with E-state index in [1.54, 1.807) is 0 Å².